The van der Waals surface area contributed by atoms with Crippen molar-refractivity contribution in [1.29, 1.82) is 0 Å². The molecule has 2 rings (SSSR count). The van der Waals surface area contributed by atoms with Crippen LogP contribution in [0.4, 0.5) is 5.69 Å². The lowest BCUT2D eigenvalue weighted by Crippen LogP contribution is -2.04. The molecule has 5 heteroatoms. The van der Waals surface area contributed by atoms with Crippen LogP contribution in [0.1, 0.15) is 21.7 Å². The summed E-state index contributed by atoms with van der Waals surface area (Å²) in [5, 5.41) is 3.31. The fourth-order valence-corrected chi connectivity index (χ4v) is 2.19. The van der Waals surface area contributed by atoms with E-state index in [0.29, 0.717) is 12.2 Å². The molecule has 0 bridgehead atoms. The summed E-state index contributed by atoms with van der Waals surface area (Å²) in [5.41, 5.74) is 3.73. The zero-order valence-corrected chi connectivity index (χ0v) is 12.9. The Bertz CT molecular complexity index is 593. The van der Waals surface area contributed by atoms with E-state index in [4.69, 9.17) is 0 Å². The number of benzene rings is 1. The van der Waals surface area contributed by atoms with Crippen LogP contribution in [0.15, 0.2) is 30.3 Å². The van der Waals surface area contributed by atoms with Crippen LogP contribution < -0.4 is 5.32 Å². The minimum Gasteiger partial charge on any atom is -0.464 e. The Labute approximate surface area is 125 Å². The molecule has 0 saturated carbocycles. The highest BCUT2D eigenvalue weighted by molar-refractivity contribution is 14.1. The first-order chi connectivity index (χ1) is 9.10. The van der Waals surface area contributed by atoms with Crippen LogP contribution in [0.25, 0.3) is 0 Å². The topological polar surface area (TPSA) is 54.1 Å². The van der Waals surface area contributed by atoms with Crippen molar-refractivity contribution >= 4 is 34.2 Å². The van der Waals surface area contributed by atoms with Crippen molar-refractivity contribution in [2.24, 2.45) is 0 Å². The highest BCUT2D eigenvalue weighted by Gasteiger charge is 2.07. The van der Waals surface area contributed by atoms with Gasteiger partial charge in [0.25, 0.3) is 0 Å². The van der Waals surface area contributed by atoms with Crippen LogP contribution in [-0.2, 0) is 11.3 Å². The van der Waals surface area contributed by atoms with Gasteiger partial charge in [-0.2, -0.15) is 0 Å². The Morgan fingerprint density at radius 2 is 2.16 bits per heavy atom. The average Bonchev–Trinajstić information content (AvgIpc) is 2.88. The molecular formula is C14H15IN2O2. The third-order valence-corrected chi connectivity index (χ3v) is 3.97. The number of anilines is 1. The van der Waals surface area contributed by atoms with Crippen LogP contribution in [0, 0.1) is 10.5 Å². The molecule has 0 fully saturated rings. The third-order valence-electron chi connectivity index (χ3n) is 2.81. The molecular weight excluding hydrogens is 355 g/mol. The van der Waals surface area contributed by atoms with Crippen LogP contribution in [0.3, 0.4) is 0 Å². The monoisotopic (exact) mass is 370 g/mol. The standard InChI is InChI=1S/C14H15IN2O2/c1-9-3-4-10(7-12(9)15)16-8-11-5-6-13(17-11)14(18)19-2/h3-7,16-17H,8H2,1-2H3. The number of aryl methyl sites for hydroxylation is 1. The number of methoxy groups -OCH3 is 1. The molecule has 19 heavy (non-hydrogen) atoms. The summed E-state index contributed by atoms with van der Waals surface area (Å²) in [6.45, 7) is 2.72. The van der Waals surface area contributed by atoms with E-state index in [1.165, 1.54) is 16.2 Å². The Morgan fingerprint density at radius 3 is 2.84 bits per heavy atom. The number of aromatic nitrogens is 1. The second-order valence-corrected chi connectivity index (χ2v) is 5.37. The zero-order chi connectivity index (χ0) is 13.8. The summed E-state index contributed by atoms with van der Waals surface area (Å²) in [6.07, 6.45) is 0. The Kier molecular flexibility index (Phi) is 4.47. The molecule has 0 spiro atoms. The third kappa shape index (κ3) is 3.50. The number of aromatic amines is 1. The quantitative estimate of drug-likeness (QED) is 0.641. The van der Waals surface area contributed by atoms with E-state index in [1.54, 1.807) is 6.07 Å². The van der Waals surface area contributed by atoms with Gasteiger partial charge in [0.2, 0.25) is 0 Å². The first kappa shape index (κ1) is 13.9. The number of ether oxygens (including phenoxy) is 1. The van der Waals surface area contributed by atoms with Gasteiger partial charge in [0.15, 0.2) is 0 Å². The molecule has 2 N–H and O–H groups in total. The first-order valence-electron chi connectivity index (χ1n) is 5.86. The number of hydrogen-bond acceptors (Lipinski definition) is 3. The summed E-state index contributed by atoms with van der Waals surface area (Å²) < 4.78 is 5.88. The second-order valence-electron chi connectivity index (χ2n) is 4.21. The van der Waals surface area contributed by atoms with Crippen molar-refractivity contribution in [3.8, 4) is 0 Å². The summed E-state index contributed by atoms with van der Waals surface area (Å²) >= 11 is 2.31. The lowest BCUT2D eigenvalue weighted by molar-refractivity contribution is 0.0594. The van der Waals surface area contributed by atoms with Crippen LogP contribution in [0.2, 0.25) is 0 Å². The van der Waals surface area contributed by atoms with Gasteiger partial charge in [-0.25, -0.2) is 4.79 Å². The average molecular weight is 370 g/mol. The molecule has 1 aromatic carbocycles. The van der Waals surface area contributed by atoms with Crippen LogP contribution >= 0.6 is 22.6 Å². The predicted molar refractivity (Wildman–Crippen MR) is 83.4 cm³/mol. The minimum atomic E-state index is -0.351. The smallest absolute Gasteiger partial charge is 0.354 e. The number of halogens is 1. The number of nitrogens with one attached hydrogen (secondary N) is 2. The molecule has 1 heterocycles. The zero-order valence-electron chi connectivity index (χ0n) is 10.8. The van der Waals surface area contributed by atoms with Gasteiger partial charge in [0, 0.05) is 15.0 Å². The van der Waals surface area contributed by atoms with Gasteiger partial charge in [-0.1, -0.05) is 6.07 Å². The fourth-order valence-electron chi connectivity index (χ4n) is 1.67. The Balaban J connectivity index is 2.00. The van der Waals surface area contributed by atoms with E-state index >= 15 is 0 Å². The van der Waals surface area contributed by atoms with Gasteiger partial charge in [-0.15, -0.1) is 0 Å². The lowest BCUT2D eigenvalue weighted by Gasteiger charge is -2.07. The first-order valence-corrected chi connectivity index (χ1v) is 6.94. The van der Waals surface area contributed by atoms with Crippen molar-refractivity contribution in [2.75, 3.05) is 12.4 Å². The van der Waals surface area contributed by atoms with Gasteiger partial charge in [0.05, 0.1) is 13.7 Å². The number of carbonyl (C=O) groups is 1. The van der Waals surface area contributed by atoms with Crippen LogP contribution in [0.5, 0.6) is 0 Å². The van der Waals surface area contributed by atoms with E-state index in [-0.39, 0.29) is 5.97 Å². The van der Waals surface area contributed by atoms with Crippen molar-refractivity contribution in [1.82, 2.24) is 4.98 Å². The normalized spacial score (nSPS) is 10.3. The van der Waals surface area contributed by atoms with Gasteiger partial charge in [-0.05, 0) is 59.3 Å². The number of hydrogen-bond donors (Lipinski definition) is 2. The van der Waals surface area contributed by atoms with Gasteiger partial charge >= 0.3 is 5.97 Å². The molecule has 0 aliphatic carbocycles. The maximum absolute atomic E-state index is 11.3. The van der Waals surface area contributed by atoms with Crippen molar-refractivity contribution in [3.05, 3.63) is 50.9 Å². The van der Waals surface area contributed by atoms with Gasteiger partial charge < -0.3 is 15.0 Å². The molecule has 1 aromatic heterocycles. The lowest BCUT2D eigenvalue weighted by atomic mass is 10.2. The predicted octanol–water partition coefficient (Wildman–Crippen LogP) is 3.33. The van der Waals surface area contributed by atoms with E-state index in [2.05, 4.69) is 56.7 Å². The summed E-state index contributed by atoms with van der Waals surface area (Å²) in [5.74, 6) is -0.351. The van der Waals surface area contributed by atoms with Crippen molar-refractivity contribution < 1.29 is 9.53 Å². The highest BCUT2D eigenvalue weighted by atomic mass is 127. The molecule has 0 radical (unpaired) electrons. The number of esters is 1. The maximum atomic E-state index is 11.3. The molecule has 0 amide bonds. The molecule has 0 aliphatic heterocycles. The summed E-state index contributed by atoms with van der Waals surface area (Å²) in [6, 6.07) is 9.82. The SMILES string of the molecule is COC(=O)c1ccc(CNc2ccc(C)c(I)c2)[nH]1. The molecule has 0 saturated heterocycles. The van der Waals surface area contributed by atoms with Gasteiger partial charge in [-0.3, -0.25) is 0 Å². The molecule has 0 aliphatic rings. The maximum Gasteiger partial charge on any atom is 0.354 e. The minimum absolute atomic E-state index is 0.351. The van der Waals surface area contributed by atoms with Gasteiger partial charge in [0.1, 0.15) is 5.69 Å². The van der Waals surface area contributed by atoms with E-state index in [9.17, 15) is 4.79 Å². The molecule has 0 unspecified atom stereocenters. The fraction of sp³-hybridized carbons (Fsp3) is 0.214. The summed E-state index contributed by atoms with van der Waals surface area (Å²) in [4.78, 5) is 14.3. The number of rotatable bonds is 4. The number of carbonyl (C=O) groups excluding carboxylic acids is 1. The van der Waals surface area contributed by atoms with Crippen LogP contribution in [-0.4, -0.2) is 18.1 Å². The van der Waals surface area contributed by atoms with Crippen molar-refractivity contribution in [3.63, 3.8) is 0 Å². The molecule has 100 valence electrons. The molecule has 0 atom stereocenters. The number of H-pyrrole nitrogens is 1. The van der Waals surface area contributed by atoms with E-state index in [1.807, 2.05) is 12.1 Å². The summed E-state index contributed by atoms with van der Waals surface area (Å²) in [7, 11) is 1.37. The largest absolute Gasteiger partial charge is 0.464 e. The van der Waals surface area contributed by atoms with Crippen molar-refractivity contribution in [2.45, 2.75) is 13.5 Å². The highest BCUT2D eigenvalue weighted by Crippen LogP contribution is 2.17. The Hall–Kier alpha value is -1.50. The molecule has 4 nitrogen and oxygen atoms in total. The van der Waals surface area contributed by atoms with E-state index in [0.717, 1.165) is 11.4 Å². The Morgan fingerprint density at radius 1 is 1.37 bits per heavy atom. The second kappa shape index (κ2) is 6.10. The van der Waals surface area contributed by atoms with E-state index < -0.39 is 0 Å². The molecule has 2 aromatic rings.